The van der Waals surface area contributed by atoms with E-state index < -0.39 is 0 Å². The Labute approximate surface area is 152 Å². The molecule has 2 aliphatic rings. The lowest BCUT2D eigenvalue weighted by atomic mass is 9.89. The van der Waals surface area contributed by atoms with Crippen LogP contribution in [-0.2, 0) is 4.79 Å². The van der Waals surface area contributed by atoms with Crippen LogP contribution in [0.5, 0.6) is 0 Å². The summed E-state index contributed by atoms with van der Waals surface area (Å²) in [4.78, 5) is 16.9. The molecule has 3 rings (SSSR count). The Bertz CT molecular complexity index is 541. The van der Waals surface area contributed by atoms with E-state index in [0.29, 0.717) is 30.8 Å². The zero-order chi connectivity index (χ0) is 17.6. The lowest BCUT2D eigenvalue weighted by Crippen LogP contribution is -2.40. The van der Waals surface area contributed by atoms with E-state index in [0.717, 1.165) is 19.6 Å². The van der Waals surface area contributed by atoms with E-state index in [4.69, 9.17) is 5.73 Å². The van der Waals surface area contributed by atoms with Gasteiger partial charge in [0, 0.05) is 32.6 Å². The summed E-state index contributed by atoms with van der Waals surface area (Å²) in [5.41, 5.74) is 7.37. The molecule has 1 amide bonds. The normalized spacial score (nSPS) is 25.2. The van der Waals surface area contributed by atoms with Crippen molar-refractivity contribution < 1.29 is 4.79 Å². The maximum Gasteiger partial charge on any atom is 0.236 e. The highest BCUT2D eigenvalue weighted by molar-refractivity contribution is 5.78. The van der Waals surface area contributed by atoms with E-state index in [1.807, 2.05) is 11.9 Å². The van der Waals surface area contributed by atoms with Crippen LogP contribution >= 0.6 is 0 Å². The summed E-state index contributed by atoms with van der Waals surface area (Å²) in [6.45, 7) is 4.01. The number of nitrogens with two attached hydrogens (primary N) is 1. The van der Waals surface area contributed by atoms with E-state index >= 15 is 0 Å². The number of hydrogen-bond acceptors (Lipinski definition) is 3. The second-order valence-electron chi connectivity index (χ2n) is 7.99. The zero-order valence-electron chi connectivity index (χ0n) is 15.6. The van der Waals surface area contributed by atoms with Crippen LogP contribution in [0.1, 0.15) is 43.6 Å². The molecular weight excluding hydrogens is 310 g/mol. The van der Waals surface area contributed by atoms with Crippen molar-refractivity contribution in [1.29, 1.82) is 0 Å². The highest BCUT2D eigenvalue weighted by Crippen LogP contribution is 2.32. The van der Waals surface area contributed by atoms with Crippen molar-refractivity contribution in [3.8, 4) is 0 Å². The number of benzene rings is 1. The molecule has 1 heterocycles. The van der Waals surface area contributed by atoms with Gasteiger partial charge in [-0.25, -0.2) is 0 Å². The van der Waals surface area contributed by atoms with Crippen molar-refractivity contribution in [2.45, 2.75) is 38.0 Å². The quantitative estimate of drug-likeness (QED) is 0.864. The number of likely N-dealkylation sites (N-methyl/N-ethyl adjacent to an activating group) is 1. The van der Waals surface area contributed by atoms with Gasteiger partial charge in [0.15, 0.2) is 0 Å². The van der Waals surface area contributed by atoms with Gasteiger partial charge in [0.1, 0.15) is 0 Å². The molecule has 0 unspecified atom stereocenters. The number of likely N-dealkylation sites (tertiary alicyclic amines) is 1. The van der Waals surface area contributed by atoms with Gasteiger partial charge in [-0.2, -0.15) is 0 Å². The number of carbonyl (C=O) groups excluding carboxylic acids is 1. The summed E-state index contributed by atoms with van der Waals surface area (Å²) in [7, 11) is 1.97. The van der Waals surface area contributed by atoms with Crippen LogP contribution in [-0.4, -0.2) is 55.5 Å². The average Bonchev–Trinajstić information content (AvgIpc) is 3.06. The van der Waals surface area contributed by atoms with Crippen molar-refractivity contribution >= 4 is 5.91 Å². The number of carbonyl (C=O) groups is 1. The van der Waals surface area contributed by atoms with Gasteiger partial charge in [0.05, 0.1) is 6.54 Å². The molecule has 138 valence electrons. The van der Waals surface area contributed by atoms with Gasteiger partial charge in [-0.05, 0) is 36.8 Å². The molecule has 0 spiro atoms. The predicted octanol–water partition coefficient (Wildman–Crippen LogP) is 2.70. The van der Waals surface area contributed by atoms with Crippen molar-refractivity contribution in [3.63, 3.8) is 0 Å². The topological polar surface area (TPSA) is 49.6 Å². The van der Waals surface area contributed by atoms with Crippen LogP contribution < -0.4 is 5.73 Å². The summed E-state index contributed by atoms with van der Waals surface area (Å²) >= 11 is 0. The maximum atomic E-state index is 12.7. The minimum Gasteiger partial charge on any atom is -0.344 e. The van der Waals surface area contributed by atoms with Gasteiger partial charge in [-0.1, -0.05) is 49.6 Å². The fourth-order valence-electron chi connectivity index (χ4n) is 4.58. The van der Waals surface area contributed by atoms with Crippen molar-refractivity contribution in [2.24, 2.45) is 17.6 Å². The number of hydrogen-bond donors (Lipinski definition) is 1. The molecule has 2 fully saturated rings. The van der Waals surface area contributed by atoms with E-state index in [-0.39, 0.29) is 5.91 Å². The standard InChI is InChI=1S/C21H33N3O/c1-23(13-17-8-4-2-5-9-17)21(25)16-24-14-19(12-22)20(15-24)18-10-6-3-7-11-18/h3,6-7,10-11,17,19-20H,2,4-5,8-9,12-16,22H2,1H3/t19-,20+/m1/s1. The molecule has 1 aliphatic carbocycles. The van der Waals surface area contributed by atoms with Gasteiger partial charge in [0.25, 0.3) is 0 Å². The maximum absolute atomic E-state index is 12.7. The Hall–Kier alpha value is -1.39. The van der Waals surface area contributed by atoms with Crippen molar-refractivity contribution in [1.82, 2.24) is 9.80 Å². The summed E-state index contributed by atoms with van der Waals surface area (Å²) in [5.74, 6) is 1.85. The molecule has 1 saturated carbocycles. The zero-order valence-corrected chi connectivity index (χ0v) is 15.6. The van der Waals surface area contributed by atoms with Crippen molar-refractivity contribution in [3.05, 3.63) is 35.9 Å². The van der Waals surface area contributed by atoms with Gasteiger partial charge >= 0.3 is 0 Å². The van der Waals surface area contributed by atoms with Crippen LogP contribution in [0, 0.1) is 11.8 Å². The van der Waals surface area contributed by atoms with Crippen LogP contribution in [0.15, 0.2) is 30.3 Å². The van der Waals surface area contributed by atoms with Gasteiger partial charge in [-0.3, -0.25) is 9.69 Å². The lowest BCUT2D eigenvalue weighted by molar-refractivity contribution is -0.131. The number of rotatable bonds is 6. The first-order valence-electron chi connectivity index (χ1n) is 9.88. The summed E-state index contributed by atoms with van der Waals surface area (Å²) in [6.07, 6.45) is 6.59. The third-order valence-corrected chi connectivity index (χ3v) is 6.09. The molecule has 2 atom stereocenters. The Morgan fingerprint density at radius 2 is 1.88 bits per heavy atom. The number of nitrogens with zero attached hydrogens (tertiary/aromatic N) is 2. The molecule has 1 aliphatic heterocycles. The fourth-order valence-corrected chi connectivity index (χ4v) is 4.58. The second kappa shape index (κ2) is 8.81. The number of amides is 1. The lowest BCUT2D eigenvalue weighted by Gasteiger charge is -2.28. The Morgan fingerprint density at radius 1 is 1.16 bits per heavy atom. The minimum absolute atomic E-state index is 0.259. The second-order valence-corrected chi connectivity index (χ2v) is 7.99. The van der Waals surface area contributed by atoms with Gasteiger partial charge in [0.2, 0.25) is 5.91 Å². The largest absolute Gasteiger partial charge is 0.344 e. The predicted molar refractivity (Wildman–Crippen MR) is 102 cm³/mol. The first-order chi connectivity index (χ1) is 12.2. The average molecular weight is 344 g/mol. The minimum atomic E-state index is 0.259. The van der Waals surface area contributed by atoms with E-state index in [1.165, 1.54) is 37.7 Å². The van der Waals surface area contributed by atoms with E-state index in [1.54, 1.807) is 0 Å². The highest BCUT2D eigenvalue weighted by Gasteiger charge is 2.34. The first-order valence-corrected chi connectivity index (χ1v) is 9.88. The van der Waals surface area contributed by atoms with Crippen LogP contribution in [0.4, 0.5) is 0 Å². The van der Waals surface area contributed by atoms with Crippen molar-refractivity contribution in [2.75, 3.05) is 39.8 Å². The fraction of sp³-hybridized carbons (Fsp3) is 0.667. The third kappa shape index (κ3) is 4.83. The molecule has 0 aromatic heterocycles. The molecule has 1 saturated heterocycles. The molecule has 25 heavy (non-hydrogen) atoms. The van der Waals surface area contributed by atoms with E-state index in [2.05, 4.69) is 35.2 Å². The van der Waals surface area contributed by atoms with E-state index in [9.17, 15) is 4.79 Å². The van der Waals surface area contributed by atoms with Gasteiger partial charge < -0.3 is 10.6 Å². The summed E-state index contributed by atoms with van der Waals surface area (Å²) < 4.78 is 0. The monoisotopic (exact) mass is 343 g/mol. The molecule has 1 aromatic rings. The SMILES string of the molecule is CN(CC1CCCCC1)C(=O)CN1C[C@@H](CN)[C@H](c2ccccc2)C1. The molecule has 2 N–H and O–H groups in total. The molecule has 1 aromatic carbocycles. The van der Waals surface area contributed by atoms with Crippen LogP contribution in [0.25, 0.3) is 0 Å². The Kier molecular flexibility index (Phi) is 6.49. The van der Waals surface area contributed by atoms with Crippen LogP contribution in [0.2, 0.25) is 0 Å². The van der Waals surface area contributed by atoms with Gasteiger partial charge in [-0.15, -0.1) is 0 Å². The molecule has 4 heteroatoms. The third-order valence-electron chi connectivity index (χ3n) is 6.09. The smallest absolute Gasteiger partial charge is 0.236 e. The van der Waals surface area contributed by atoms with Crippen LogP contribution in [0.3, 0.4) is 0 Å². The summed E-state index contributed by atoms with van der Waals surface area (Å²) in [5, 5.41) is 0. The molecule has 4 nitrogen and oxygen atoms in total. The Morgan fingerprint density at radius 3 is 2.56 bits per heavy atom. The summed E-state index contributed by atoms with van der Waals surface area (Å²) in [6, 6.07) is 10.6. The molecule has 0 radical (unpaired) electrons. The Balaban J connectivity index is 1.53. The molecular formula is C21H33N3O. The highest BCUT2D eigenvalue weighted by atomic mass is 16.2. The first kappa shape index (κ1) is 18.4. The molecule has 0 bridgehead atoms.